The lowest BCUT2D eigenvalue weighted by atomic mass is 10.1. The Labute approximate surface area is 150 Å². The number of benzene rings is 2. The molecule has 134 valence electrons. The molecular weight excluding hydrogens is 334 g/mol. The van der Waals surface area contributed by atoms with Crippen LogP contribution in [0.15, 0.2) is 52.9 Å². The highest BCUT2D eigenvalue weighted by Crippen LogP contribution is 2.25. The zero-order valence-electron chi connectivity index (χ0n) is 14.6. The Morgan fingerprint density at radius 1 is 1.08 bits per heavy atom. The maximum atomic E-state index is 12.2. The molecular formula is C20H19NO5. The van der Waals surface area contributed by atoms with E-state index < -0.39 is 18.5 Å². The van der Waals surface area contributed by atoms with Crippen molar-refractivity contribution in [2.75, 3.05) is 18.5 Å². The molecule has 0 atom stereocenters. The molecule has 1 amide bonds. The molecule has 0 radical (unpaired) electrons. The van der Waals surface area contributed by atoms with Gasteiger partial charge in [0, 0.05) is 16.6 Å². The standard InChI is InChI=1S/C20H19NO5/c1-3-24-15-10-8-14(9-11-15)21-18(22)12-25-20(23)19-13(2)16-6-4-5-7-17(16)26-19/h4-11H,3,12H2,1-2H3,(H,21,22). The highest BCUT2D eigenvalue weighted by molar-refractivity contribution is 5.98. The number of ether oxygens (including phenoxy) is 2. The molecule has 26 heavy (non-hydrogen) atoms. The zero-order chi connectivity index (χ0) is 18.5. The summed E-state index contributed by atoms with van der Waals surface area (Å²) in [4.78, 5) is 24.2. The second-order valence-electron chi connectivity index (χ2n) is 5.63. The van der Waals surface area contributed by atoms with Gasteiger partial charge in [0.1, 0.15) is 11.3 Å². The van der Waals surface area contributed by atoms with E-state index in [4.69, 9.17) is 13.9 Å². The molecule has 0 fully saturated rings. The van der Waals surface area contributed by atoms with E-state index in [1.165, 1.54) is 0 Å². The number of anilines is 1. The van der Waals surface area contributed by atoms with Crippen LogP contribution in [0.2, 0.25) is 0 Å². The first-order valence-electron chi connectivity index (χ1n) is 8.26. The molecule has 6 nitrogen and oxygen atoms in total. The van der Waals surface area contributed by atoms with E-state index in [1.807, 2.05) is 25.1 Å². The van der Waals surface area contributed by atoms with Gasteiger partial charge in [-0.2, -0.15) is 0 Å². The molecule has 3 aromatic rings. The minimum Gasteiger partial charge on any atom is -0.494 e. The van der Waals surface area contributed by atoms with E-state index >= 15 is 0 Å². The number of rotatable bonds is 6. The van der Waals surface area contributed by atoms with Crippen LogP contribution in [0.5, 0.6) is 5.75 Å². The third-order valence-corrected chi connectivity index (χ3v) is 3.81. The number of fused-ring (bicyclic) bond motifs is 1. The number of carbonyl (C=O) groups excluding carboxylic acids is 2. The molecule has 0 saturated carbocycles. The molecule has 0 spiro atoms. The van der Waals surface area contributed by atoms with Crippen LogP contribution >= 0.6 is 0 Å². The van der Waals surface area contributed by atoms with Crippen molar-refractivity contribution in [1.29, 1.82) is 0 Å². The lowest BCUT2D eigenvalue weighted by Gasteiger charge is -2.07. The van der Waals surface area contributed by atoms with Crippen LogP contribution in [0.25, 0.3) is 11.0 Å². The predicted octanol–water partition coefficient (Wildman–Crippen LogP) is 3.94. The lowest BCUT2D eigenvalue weighted by Crippen LogP contribution is -2.21. The van der Waals surface area contributed by atoms with Gasteiger partial charge < -0.3 is 19.2 Å². The second-order valence-corrected chi connectivity index (χ2v) is 5.63. The number of para-hydroxylation sites is 1. The summed E-state index contributed by atoms with van der Waals surface area (Å²) in [5.74, 6) is -0.269. The van der Waals surface area contributed by atoms with Gasteiger partial charge in [-0.1, -0.05) is 18.2 Å². The Morgan fingerprint density at radius 3 is 2.50 bits per heavy atom. The van der Waals surface area contributed by atoms with Gasteiger partial charge in [0.05, 0.1) is 6.61 Å². The van der Waals surface area contributed by atoms with Gasteiger partial charge in [-0.15, -0.1) is 0 Å². The summed E-state index contributed by atoms with van der Waals surface area (Å²) >= 11 is 0. The van der Waals surface area contributed by atoms with E-state index in [2.05, 4.69) is 5.32 Å². The average molecular weight is 353 g/mol. The fourth-order valence-corrected chi connectivity index (χ4v) is 2.56. The maximum absolute atomic E-state index is 12.2. The van der Waals surface area contributed by atoms with Gasteiger partial charge in [0.25, 0.3) is 5.91 Å². The minimum atomic E-state index is -0.666. The van der Waals surface area contributed by atoms with Crippen LogP contribution in [-0.4, -0.2) is 25.1 Å². The predicted molar refractivity (Wildman–Crippen MR) is 97.5 cm³/mol. The molecule has 1 N–H and O–H groups in total. The highest BCUT2D eigenvalue weighted by Gasteiger charge is 2.19. The number of amides is 1. The molecule has 0 bridgehead atoms. The van der Waals surface area contributed by atoms with Crippen molar-refractivity contribution in [1.82, 2.24) is 0 Å². The number of esters is 1. The summed E-state index contributed by atoms with van der Waals surface area (Å²) in [5, 5.41) is 3.50. The van der Waals surface area contributed by atoms with Crippen molar-refractivity contribution >= 4 is 28.5 Å². The number of aryl methyl sites for hydroxylation is 1. The number of nitrogens with one attached hydrogen (secondary N) is 1. The van der Waals surface area contributed by atoms with Crippen molar-refractivity contribution in [3.63, 3.8) is 0 Å². The van der Waals surface area contributed by atoms with Crippen LogP contribution < -0.4 is 10.1 Å². The molecule has 6 heteroatoms. The summed E-state index contributed by atoms with van der Waals surface area (Å²) in [6.45, 7) is 3.85. The van der Waals surface area contributed by atoms with E-state index in [-0.39, 0.29) is 5.76 Å². The molecule has 0 aliphatic heterocycles. The van der Waals surface area contributed by atoms with Crippen LogP contribution in [-0.2, 0) is 9.53 Å². The number of carbonyl (C=O) groups is 2. The lowest BCUT2D eigenvalue weighted by molar-refractivity contribution is -0.119. The molecule has 2 aromatic carbocycles. The third kappa shape index (κ3) is 3.85. The van der Waals surface area contributed by atoms with Crippen molar-refractivity contribution in [3.8, 4) is 5.75 Å². The van der Waals surface area contributed by atoms with Crippen molar-refractivity contribution in [2.45, 2.75) is 13.8 Å². The molecule has 0 aliphatic carbocycles. The minimum absolute atomic E-state index is 0.111. The van der Waals surface area contributed by atoms with E-state index in [9.17, 15) is 9.59 Å². The SMILES string of the molecule is CCOc1ccc(NC(=O)COC(=O)c2oc3ccccc3c2C)cc1. The highest BCUT2D eigenvalue weighted by atomic mass is 16.5. The molecule has 0 saturated heterocycles. The van der Waals surface area contributed by atoms with Gasteiger partial charge in [-0.05, 0) is 44.2 Å². The van der Waals surface area contributed by atoms with Crippen molar-refractivity contribution in [3.05, 3.63) is 59.9 Å². The first-order chi connectivity index (χ1) is 12.6. The summed E-state index contributed by atoms with van der Waals surface area (Å²) in [5.41, 5.74) is 1.89. The summed E-state index contributed by atoms with van der Waals surface area (Å²) in [7, 11) is 0. The Kier molecular flexibility index (Phi) is 5.22. The smallest absolute Gasteiger partial charge is 0.375 e. The topological polar surface area (TPSA) is 77.8 Å². The molecule has 1 aromatic heterocycles. The largest absolute Gasteiger partial charge is 0.494 e. The Hall–Kier alpha value is -3.28. The van der Waals surface area contributed by atoms with Crippen LogP contribution in [0.3, 0.4) is 0 Å². The second kappa shape index (κ2) is 7.74. The number of hydrogen-bond acceptors (Lipinski definition) is 5. The maximum Gasteiger partial charge on any atom is 0.375 e. The van der Waals surface area contributed by atoms with Crippen LogP contribution in [0, 0.1) is 6.92 Å². The number of furan rings is 1. The first-order valence-corrected chi connectivity index (χ1v) is 8.26. The van der Waals surface area contributed by atoms with Gasteiger partial charge in [0.2, 0.25) is 5.76 Å². The summed E-state index contributed by atoms with van der Waals surface area (Å²) in [6.07, 6.45) is 0. The Balaban J connectivity index is 1.58. The van der Waals surface area contributed by atoms with Crippen LogP contribution in [0.4, 0.5) is 5.69 Å². The third-order valence-electron chi connectivity index (χ3n) is 3.81. The van der Waals surface area contributed by atoms with Crippen molar-refractivity contribution < 1.29 is 23.5 Å². The fourth-order valence-electron chi connectivity index (χ4n) is 2.56. The monoisotopic (exact) mass is 353 g/mol. The number of hydrogen-bond donors (Lipinski definition) is 1. The quantitative estimate of drug-likeness (QED) is 0.679. The zero-order valence-corrected chi connectivity index (χ0v) is 14.6. The molecule has 1 heterocycles. The molecule has 3 rings (SSSR count). The van der Waals surface area contributed by atoms with Gasteiger partial charge >= 0.3 is 5.97 Å². The Bertz CT molecular complexity index is 927. The van der Waals surface area contributed by atoms with Crippen molar-refractivity contribution in [2.24, 2.45) is 0 Å². The Morgan fingerprint density at radius 2 is 1.81 bits per heavy atom. The van der Waals surface area contributed by atoms with E-state index in [0.29, 0.717) is 23.4 Å². The fraction of sp³-hybridized carbons (Fsp3) is 0.200. The van der Waals surface area contributed by atoms with Crippen LogP contribution in [0.1, 0.15) is 23.0 Å². The van der Waals surface area contributed by atoms with E-state index in [0.717, 1.165) is 11.1 Å². The van der Waals surface area contributed by atoms with E-state index in [1.54, 1.807) is 37.3 Å². The van der Waals surface area contributed by atoms with Gasteiger partial charge in [0.15, 0.2) is 6.61 Å². The summed E-state index contributed by atoms with van der Waals surface area (Å²) in [6, 6.07) is 14.3. The van der Waals surface area contributed by atoms with Gasteiger partial charge in [-0.3, -0.25) is 4.79 Å². The average Bonchev–Trinajstić information content (AvgIpc) is 2.99. The molecule has 0 unspecified atom stereocenters. The normalized spacial score (nSPS) is 10.5. The van der Waals surface area contributed by atoms with Gasteiger partial charge in [-0.25, -0.2) is 4.79 Å². The summed E-state index contributed by atoms with van der Waals surface area (Å²) < 4.78 is 15.9. The molecule has 0 aliphatic rings. The first kappa shape index (κ1) is 17.5.